The molecule has 3 N–H and O–H groups in total. The maximum atomic E-state index is 13.2. The SMILES string of the molecule is CCCCC/C=C\C/C=C\CCCCCCCCCC(=O)OC(CCCCCCCCCCCCCC)CC(=O)NC(CO)C(O)CCCCCCCCCCCCC. The lowest BCUT2D eigenvalue weighted by molar-refractivity contribution is -0.151. The van der Waals surface area contributed by atoms with Crippen LogP contribution in [0.25, 0.3) is 0 Å². The molecule has 3 unspecified atom stereocenters. The van der Waals surface area contributed by atoms with E-state index in [0.717, 1.165) is 57.8 Å². The minimum atomic E-state index is -0.783. The summed E-state index contributed by atoms with van der Waals surface area (Å²) in [4.78, 5) is 26.1. The van der Waals surface area contributed by atoms with Crippen LogP contribution >= 0.6 is 0 Å². The molecule has 0 saturated heterocycles. The highest BCUT2D eigenvalue weighted by Gasteiger charge is 2.24. The van der Waals surface area contributed by atoms with E-state index < -0.39 is 18.2 Å². The molecule has 0 rings (SSSR count). The van der Waals surface area contributed by atoms with Gasteiger partial charge in [0.15, 0.2) is 0 Å². The molecule has 348 valence electrons. The minimum absolute atomic E-state index is 0.0797. The van der Waals surface area contributed by atoms with Crippen LogP contribution in [0.1, 0.15) is 278 Å². The number of amides is 1. The van der Waals surface area contributed by atoms with Crippen molar-refractivity contribution >= 4 is 11.9 Å². The van der Waals surface area contributed by atoms with Gasteiger partial charge in [0.05, 0.1) is 25.2 Å². The molecule has 0 spiro atoms. The van der Waals surface area contributed by atoms with Gasteiger partial charge in [0.2, 0.25) is 5.91 Å². The van der Waals surface area contributed by atoms with E-state index in [0.29, 0.717) is 19.3 Å². The number of unbranched alkanes of at least 4 members (excludes halogenated alkanes) is 31. The van der Waals surface area contributed by atoms with Crippen LogP contribution < -0.4 is 5.32 Å². The Morgan fingerprint density at radius 2 is 0.864 bits per heavy atom. The van der Waals surface area contributed by atoms with Crippen molar-refractivity contribution in [3.05, 3.63) is 24.3 Å². The summed E-state index contributed by atoms with van der Waals surface area (Å²) in [6, 6.07) is -0.697. The third kappa shape index (κ3) is 42.8. The molecule has 0 saturated carbocycles. The average molecular weight is 832 g/mol. The number of hydrogen-bond donors (Lipinski definition) is 3. The van der Waals surface area contributed by atoms with Crippen molar-refractivity contribution in [1.82, 2.24) is 5.32 Å². The molecule has 0 aromatic heterocycles. The van der Waals surface area contributed by atoms with E-state index in [-0.39, 0.29) is 24.9 Å². The molecule has 0 aromatic rings. The van der Waals surface area contributed by atoms with E-state index >= 15 is 0 Å². The Morgan fingerprint density at radius 1 is 0.492 bits per heavy atom. The second-order valence-corrected chi connectivity index (χ2v) is 17.9. The van der Waals surface area contributed by atoms with Crippen LogP contribution in [0, 0.1) is 0 Å². The highest BCUT2D eigenvalue weighted by molar-refractivity contribution is 5.77. The van der Waals surface area contributed by atoms with Crippen LogP contribution in [0.15, 0.2) is 24.3 Å². The predicted molar refractivity (Wildman–Crippen MR) is 255 cm³/mol. The zero-order chi connectivity index (χ0) is 43.1. The van der Waals surface area contributed by atoms with Gasteiger partial charge >= 0.3 is 5.97 Å². The minimum Gasteiger partial charge on any atom is -0.462 e. The van der Waals surface area contributed by atoms with Gasteiger partial charge in [-0.05, 0) is 57.8 Å². The zero-order valence-electron chi connectivity index (χ0n) is 39.7. The number of rotatable bonds is 47. The monoisotopic (exact) mass is 832 g/mol. The molecular formula is C53H101NO5. The molecule has 0 bridgehead atoms. The second-order valence-electron chi connectivity index (χ2n) is 17.9. The normalized spacial score (nSPS) is 13.4. The lowest BCUT2D eigenvalue weighted by Gasteiger charge is -2.24. The molecule has 0 aliphatic carbocycles. The fourth-order valence-corrected chi connectivity index (χ4v) is 8.05. The van der Waals surface area contributed by atoms with Crippen molar-refractivity contribution < 1.29 is 24.5 Å². The van der Waals surface area contributed by atoms with Crippen LogP contribution in [0.4, 0.5) is 0 Å². The molecule has 6 heteroatoms. The number of carbonyl (C=O) groups excluding carboxylic acids is 2. The largest absolute Gasteiger partial charge is 0.462 e. The molecule has 59 heavy (non-hydrogen) atoms. The molecule has 1 amide bonds. The summed E-state index contributed by atoms with van der Waals surface area (Å²) in [6.45, 7) is 6.46. The highest BCUT2D eigenvalue weighted by Crippen LogP contribution is 2.18. The number of esters is 1. The van der Waals surface area contributed by atoms with Gasteiger partial charge < -0.3 is 20.3 Å². The smallest absolute Gasteiger partial charge is 0.306 e. The standard InChI is InChI=1S/C53H101NO5/c1-4-7-10-13-16-19-22-24-25-26-27-28-31-34-37-40-43-46-53(58)59-49(44-41-38-35-32-30-23-20-17-14-11-8-5-2)47-52(57)54-50(48-55)51(56)45-42-39-36-33-29-21-18-15-12-9-6-3/h16,19,24-25,49-51,55-56H,4-15,17-18,20-23,26-48H2,1-3H3,(H,54,57)/b19-16-,25-24-. The summed E-state index contributed by atoms with van der Waals surface area (Å²) in [6.07, 6.45) is 53.8. The Hall–Kier alpha value is -1.66. The van der Waals surface area contributed by atoms with E-state index in [4.69, 9.17) is 4.74 Å². The Morgan fingerprint density at radius 3 is 1.32 bits per heavy atom. The Balaban J connectivity index is 4.52. The molecule has 0 heterocycles. The predicted octanol–water partition coefficient (Wildman–Crippen LogP) is 15.5. The molecule has 0 aliphatic heterocycles. The fourth-order valence-electron chi connectivity index (χ4n) is 8.05. The van der Waals surface area contributed by atoms with E-state index in [1.165, 1.54) is 173 Å². The zero-order valence-corrected chi connectivity index (χ0v) is 39.7. The van der Waals surface area contributed by atoms with Gasteiger partial charge in [-0.25, -0.2) is 0 Å². The molecule has 3 atom stereocenters. The third-order valence-corrected chi connectivity index (χ3v) is 12.0. The van der Waals surface area contributed by atoms with E-state index in [1.807, 2.05) is 0 Å². The van der Waals surface area contributed by atoms with Crippen LogP contribution in [0.2, 0.25) is 0 Å². The number of allylic oxidation sites excluding steroid dienone is 4. The molecule has 6 nitrogen and oxygen atoms in total. The summed E-state index contributed by atoms with van der Waals surface area (Å²) < 4.78 is 5.93. The maximum Gasteiger partial charge on any atom is 0.306 e. The first-order valence-electron chi connectivity index (χ1n) is 26.1. The summed E-state index contributed by atoms with van der Waals surface area (Å²) in [7, 11) is 0. The van der Waals surface area contributed by atoms with Gasteiger partial charge in [0.25, 0.3) is 0 Å². The van der Waals surface area contributed by atoms with Gasteiger partial charge in [-0.2, -0.15) is 0 Å². The number of ether oxygens (including phenoxy) is 1. The summed E-state index contributed by atoms with van der Waals surface area (Å²) >= 11 is 0. The molecule has 0 aromatic carbocycles. The van der Waals surface area contributed by atoms with Crippen molar-refractivity contribution in [2.75, 3.05) is 6.61 Å². The van der Waals surface area contributed by atoms with Gasteiger partial charge in [-0.1, -0.05) is 231 Å². The van der Waals surface area contributed by atoms with Gasteiger partial charge in [0.1, 0.15) is 6.10 Å². The Labute approximate surface area is 367 Å². The van der Waals surface area contributed by atoms with E-state index in [9.17, 15) is 19.8 Å². The molecule has 0 aliphatic rings. The van der Waals surface area contributed by atoms with Crippen molar-refractivity contribution in [3.8, 4) is 0 Å². The van der Waals surface area contributed by atoms with Gasteiger partial charge in [0, 0.05) is 6.42 Å². The number of hydrogen-bond acceptors (Lipinski definition) is 5. The quantitative estimate of drug-likeness (QED) is 0.0322. The molecule has 0 fully saturated rings. The van der Waals surface area contributed by atoms with Crippen LogP contribution in [-0.2, 0) is 14.3 Å². The van der Waals surface area contributed by atoms with E-state index in [1.54, 1.807) is 0 Å². The van der Waals surface area contributed by atoms with Crippen molar-refractivity contribution in [3.63, 3.8) is 0 Å². The van der Waals surface area contributed by atoms with Crippen molar-refractivity contribution in [2.24, 2.45) is 0 Å². The first-order chi connectivity index (χ1) is 29.0. The summed E-state index contributed by atoms with van der Waals surface area (Å²) in [5.74, 6) is -0.469. The van der Waals surface area contributed by atoms with Gasteiger partial charge in [-0.15, -0.1) is 0 Å². The second kappa shape index (κ2) is 47.4. The summed E-state index contributed by atoms with van der Waals surface area (Å²) in [5.41, 5.74) is 0. The molecular weight excluding hydrogens is 731 g/mol. The average Bonchev–Trinajstić information content (AvgIpc) is 3.23. The van der Waals surface area contributed by atoms with Crippen LogP contribution in [0.3, 0.4) is 0 Å². The Bertz CT molecular complexity index is 935. The maximum absolute atomic E-state index is 13.2. The fraction of sp³-hybridized carbons (Fsp3) is 0.887. The number of carbonyl (C=O) groups is 2. The third-order valence-electron chi connectivity index (χ3n) is 12.0. The van der Waals surface area contributed by atoms with E-state index in [2.05, 4.69) is 50.4 Å². The van der Waals surface area contributed by atoms with Crippen molar-refractivity contribution in [2.45, 2.75) is 296 Å². The first-order valence-corrected chi connectivity index (χ1v) is 26.1. The number of aliphatic hydroxyl groups is 2. The highest BCUT2D eigenvalue weighted by atomic mass is 16.5. The van der Waals surface area contributed by atoms with Gasteiger partial charge in [-0.3, -0.25) is 9.59 Å². The van der Waals surface area contributed by atoms with Crippen molar-refractivity contribution in [1.29, 1.82) is 0 Å². The first kappa shape index (κ1) is 57.3. The lowest BCUT2D eigenvalue weighted by Crippen LogP contribution is -2.46. The van der Waals surface area contributed by atoms with Crippen LogP contribution in [-0.4, -0.2) is 46.9 Å². The number of nitrogens with one attached hydrogen (secondary N) is 1. The Kier molecular flexibility index (Phi) is 46.1. The number of aliphatic hydroxyl groups excluding tert-OH is 2. The van der Waals surface area contributed by atoms with Crippen LogP contribution in [0.5, 0.6) is 0 Å². The lowest BCUT2D eigenvalue weighted by atomic mass is 10.0. The molecule has 0 radical (unpaired) electrons. The summed E-state index contributed by atoms with van der Waals surface area (Å²) in [5, 5.41) is 23.7. The topological polar surface area (TPSA) is 95.9 Å².